The molecule has 0 aliphatic carbocycles. The normalized spacial score (nSPS) is 15.1. The minimum Gasteiger partial charge on any atom is -0.497 e. The van der Waals surface area contributed by atoms with Gasteiger partial charge in [-0.25, -0.2) is 8.42 Å². The number of amides is 1. The number of anilines is 1. The van der Waals surface area contributed by atoms with Crippen molar-refractivity contribution in [3.05, 3.63) is 60.2 Å². The number of rotatable bonds is 6. The fourth-order valence-electron chi connectivity index (χ4n) is 2.86. The largest absolute Gasteiger partial charge is 0.497 e. The summed E-state index contributed by atoms with van der Waals surface area (Å²) >= 11 is 0. The molecule has 0 spiro atoms. The molecule has 3 rings (SSSR count). The first kappa shape index (κ1) is 19.1. The molecule has 1 saturated heterocycles. The van der Waals surface area contributed by atoms with Gasteiger partial charge in [-0.2, -0.15) is 4.31 Å². The van der Waals surface area contributed by atoms with Gasteiger partial charge in [-0.3, -0.25) is 4.79 Å². The maximum absolute atomic E-state index is 12.5. The molecule has 7 heteroatoms. The molecule has 1 N–H and O–H groups in total. The lowest BCUT2D eigenvalue weighted by Crippen LogP contribution is -2.27. The zero-order valence-corrected chi connectivity index (χ0v) is 15.9. The first-order chi connectivity index (χ1) is 13.0. The Hall–Kier alpha value is -2.64. The van der Waals surface area contributed by atoms with E-state index in [0.717, 1.165) is 24.2 Å². The lowest BCUT2D eigenvalue weighted by Gasteiger charge is -2.15. The van der Waals surface area contributed by atoms with E-state index in [1.165, 1.54) is 22.5 Å². The van der Waals surface area contributed by atoms with Crippen LogP contribution in [0, 0.1) is 0 Å². The molecule has 0 aromatic heterocycles. The van der Waals surface area contributed by atoms with Crippen LogP contribution in [-0.2, 0) is 14.8 Å². The van der Waals surface area contributed by atoms with Crippen LogP contribution < -0.4 is 10.1 Å². The van der Waals surface area contributed by atoms with E-state index in [-0.39, 0.29) is 10.8 Å². The average Bonchev–Trinajstić information content (AvgIpc) is 3.23. The zero-order chi connectivity index (χ0) is 19.3. The predicted octanol–water partition coefficient (Wildman–Crippen LogP) is 3.13. The van der Waals surface area contributed by atoms with Gasteiger partial charge in [0.05, 0.1) is 12.0 Å². The minimum atomic E-state index is -3.44. The molecule has 0 atom stereocenters. The molecule has 0 unspecified atom stereocenters. The summed E-state index contributed by atoms with van der Waals surface area (Å²) in [5.74, 6) is 0.460. The molecule has 2 aromatic carbocycles. The van der Waals surface area contributed by atoms with Crippen LogP contribution in [0.5, 0.6) is 5.75 Å². The third kappa shape index (κ3) is 4.75. The van der Waals surface area contributed by atoms with Crippen LogP contribution in [0.25, 0.3) is 6.08 Å². The van der Waals surface area contributed by atoms with Crippen molar-refractivity contribution < 1.29 is 17.9 Å². The standard InChI is InChI=1S/C20H22N2O4S/c1-26-18-9-4-16(5-10-18)6-13-20(23)21-17-7-11-19(12-8-17)27(24,25)22-14-2-3-15-22/h4-13H,2-3,14-15H2,1H3,(H,21,23). The minimum absolute atomic E-state index is 0.246. The van der Waals surface area contributed by atoms with E-state index >= 15 is 0 Å². The van der Waals surface area contributed by atoms with E-state index in [0.29, 0.717) is 18.8 Å². The van der Waals surface area contributed by atoms with Crippen LogP contribution >= 0.6 is 0 Å². The Morgan fingerprint density at radius 1 is 1.04 bits per heavy atom. The number of nitrogens with one attached hydrogen (secondary N) is 1. The molecule has 1 aliphatic rings. The van der Waals surface area contributed by atoms with Gasteiger partial charge in [0, 0.05) is 24.9 Å². The van der Waals surface area contributed by atoms with E-state index < -0.39 is 10.0 Å². The highest BCUT2D eigenvalue weighted by Gasteiger charge is 2.26. The molecule has 0 bridgehead atoms. The maximum atomic E-state index is 12.5. The van der Waals surface area contributed by atoms with Gasteiger partial charge in [0.2, 0.25) is 15.9 Å². The third-order valence-corrected chi connectivity index (χ3v) is 6.28. The first-order valence-electron chi connectivity index (χ1n) is 8.72. The number of ether oxygens (including phenoxy) is 1. The van der Waals surface area contributed by atoms with Gasteiger partial charge < -0.3 is 10.1 Å². The second kappa shape index (κ2) is 8.37. The summed E-state index contributed by atoms with van der Waals surface area (Å²) in [5.41, 5.74) is 1.41. The molecule has 1 fully saturated rings. The summed E-state index contributed by atoms with van der Waals surface area (Å²) in [6, 6.07) is 13.6. The lowest BCUT2D eigenvalue weighted by atomic mass is 10.2. The number of hydrogen-bond donors (Lipinski definition) is 1. The highest BCUT2D eigenvalue weighted by molar-refractivity contribution is 7.89. The number of carbonyl (C=O) groups excluding carboxylic acids is 1. The fourth-order valence-corrected chi connectivity index (χ4v) is 4.38. The SMILES string of the molecule is COc1ccc(C=CC(=O)Nc2ccc(S(=O)(=O)N3CCCC3)cc2)cc1. The zero-order valence-electron chi connectivity index (χ0n) is 15.1. The molecular weight excluding hydrogens is 364 g/mol. The van der Waals surface area contributed by atoms with Crippen molar-refractivity contribution in [1.29, 1.82) is 0 Å². The van der Waals surface area contributed by atoms with Crippen LogP contribution in [0.2, 0.25) is 0 Å². The lowest BCUT2D eigenvalue weighted by molar-refractivity contribution is -0.111. The van der Waals surface area contributed by atoms with E-state index in [1.54, 1.807) is 25.3 Å². The van der Waals surface area contributed by atoms with Crippen molar-refractivity contribution in [1.82, 2.24) is 4.31 Å². The Morgan fingerprint density at radius 3 is 2.26 bits per heavy atom. The summed E-state index contributed by atoms with van der Waals surface area (Å²) in [6.45, 7) is 1.13. The van der Waals surface area contributed by atoms with Crippen molar-refractivity contribution in [2.75, 3.05) is 25.5 Å². The molecule has 2 aromatic rings. The van der Waals surface area contributed by atoms with Gasteiger partial charge in [0.15, 0.2) is 0 Å². The Kier molecular flexibility index (Phi) is 5.93. The molecule has 142 valence electrons. The van der Waals surface area contributed by atoms with Crippen molar-refractivity contribution in [2.45, 2.75) is 17.7 Å². The molecule has 0 saturated carbocycles. The first-order valence-corrected chi connectivity index (χ1v) is 10.2. The number of carbonyl (C=O) groups is 1. The van der Waals surface area contributed by atoms with E-state index in [2.05, 4.69) is 5.32 Å². The summed E-state index contributed by atoms with van der Waals surface area (Å²) < 4.78 is 31.6. The van der Waals surface area contributed by atoms with Crippen LogP contribution in [0.3, 0.4) is 0 Å². The van der Waals surface area contributed by atoms with Gasteiger partial charge in [0.1, 0.15) is 5.75 Å². The predicted molar refractivity (Wildman–Crippen MR) is 105 cm³/mol. The smallest absolute Gasteiger partial charge is 0.248 e. The van der Waals surface area contributed by atoms with Crippen LogP contribution in [0.15, 0.2) is 59.5 Å². The van der Waals surface area contributed by atoms with Crippen molar-refractivity contribution in [3.8, 4) is 5.75 Å². The monoisotopic (exact) mass is 386 g/mol. The highest BCUT2D eigenvalue weighted by atomic mass is 32.2. The van der Waals surface area contributed by atoms with Gasteiger partial charge in [-0.15, -0.1) is 0 Å². The summed E-state index contributed by atoms with van der Waals surface area (Å²) in [4.78, 5) is 12.3. The molecular formula is C20H22N2O4S. The Morgan fingerprint density at radius 2 is 1.67 bits per heavy atom. The summed E-state index contributed by atoms with van der Waals surface area (Å²) in [6.07, 6.45) is 4.92. The topological polar surface area (TPSA) is 75.7 Å². The van der Waals surface area contributed by atoms with Crippen molar-refractivity contribution >= 4 is 27.7 Å². The van der Waals surface area contributed by atoms with Crippen molar-refractivity contribution in [2.24, 2.45) is 0 Å². The molecule has 1 heterocycles. The second-order valence-corrected chi connectivity index (χ2v) is 8.17. The molecule has 1 aliphatic heterocycles. The maximum Gasteiger partial charge on any atom is 0.248 e. The van der Waals surface area contributed by atoms with Gasteiger partial charge in [-0.1, -0.05) is 12.1 Å². The van der Waals surface area contributed by atoms with Crippen LogP contribution in [0.4, 0.5) is 5.69 Å². The molecule has 27 heavy (non-hydrogen) atoms. The highest BCUT2D eigenvalue weighted by Crippen LogP contribution is 2.22. The molecule has 1 amide bonds. The number of benzene rings is 2. The van der Waals surface area contributed by atoms with Crippen LogP contribution in [0.1, 0.15) is 18.4 Å². The number of nitrogens with zero attached hydrogens (tertiary/aromatic N) is 1. The van der Waals surface area contributed by atoms with Gasteiger partial charge in [0.25, 0.3) is 0 Å². The van der Waals surface area contributed by atoms with Gasteiger partial charge in [-0.05, 0) is 60.9 Å². The summed E-state index contributed by atoms with van der Waals surface area (Å²) in [7, 11) is -1.84. The number of hydrogen-bond acceptors (Lipinski definition) is 4. The van der Waals surface area contributed by atoms with Crippen molar-refractivity contribution in [3.63, 3.8) is 0 Å². The number of methoxy groups -OCH3 is 1. The van der Waals surface area contributed by atoms with Crippen LogP contribution in [-0.4, -0.2) is 38.8 Å². The number of sulfonamides is 1. The Balaban J connectivity index is 1.61. The summed E-state index contributed by atoms with van der Waals surface area (Å²) in [5, 5.41) is 2.72. The third-order valence-electron chi connectivity index (χ3n) is 4.37. The second-order valence-electron chi connectivity index (χ2n) is 6.23. The molecule has 6 nitrogen and oxygen atoms in total. The average molecular weight is 386 g/mol. The van der Waals surface area contributed by atoms with E-state index in [1.807, 2.05) is 24.3 Å². The Labute approximate surface area is 159 Å². The van der Waals surface area contributed by atoms with E-state index in [4.69, 9.17) is 4.74 Å². The quantitative estimate of drug-likeness (QED) is 0.774. The van der Waals surface area contributed by atoms with Gasteiger partial charge >= 0.3 is 0 Å². The van der Waals surface area contributed by atoms with E-state index in [9.17, 15) is 13.2 Å². The fraction of sp³-hybridized carbons (Fsp3) is 0.250. The molecule has 0 radical (unpaired) electrons. The Bertz CT molecular complexity index is 913.